The van der Waals surface area contributed by atoms with Gasteiger partial charge in [0.15, 0.2) is 0 Å². The standard InChI is InChI=1S/C12H21N3O/c1-3-4-7-16-8-5-6-13-12-9-11(2)10-14-15-12/h9-10H,3-8H2,1-2H3,(H,13,15). The Balaban J connectivity index is 2.03. The Morgan fingerprint density at radius 3 is 2.88 bits per heavy atom. The third-order valence-electron chi connectivity index (χ3n) is 2.21. The van der Waals surface area contributed by atoms with E-state index in [9.17, 15) is 0 Å². The van der Waals surface area contributed by atoms with E-state index >= 15 is 0 Å². The first kappa shape index (κ1) is 12.9. The molecule has 0 aliphatic rings. The molecule has 0 atom stereocenters. The molecule has 0 aliphatic heterocycles. The van der Waals surface area contributed by atoms with Crippen LogP contribution in [0.5, 0.6) is 0 Å². The summed E-state index contributed by atoms with van der Waals surface area (Å²) in [5.74, 6) is 0.841. The summed E-state index contributed by atoms with van der Waals surface area (Å²) < 4.78 is 5.46. The van der Waals surface area contributed by atoms with Gasteiger partial charge in [0.05, 0.1) is 6.20 Å². The van der Waals surface area contributed by atoms with Crippen molar-refractivity contribution in [2.45, 2.75) is 33.1 Å². The second-order valence-electron chi connectivity index (χ2n) is 3.86. The summed E-state index contributed by atoms with van der Waals surface area (Å²) in [6.07, 6.45) is 5.09. The maximum absolute atomic E-state index is 5.46. The predicted molar refractivity (Wildman–Crippen MR) is 65.6 cm³/mol. The number of aryl methyl sites for hydroxylation is 1. The summed E-state index contributed by atoms with van der Waals surface area (Å²) in [6.45, 7) is 6.74. The van der Waals surface area contributed by atoms with Gasteiger partial charge < -0.3 is 10.1 Å². The van der Waals surface area contributed by atoms with Crippen LogP contribution in [-0.4, -0.2) is 30.0 Å². The van der Waals surface area contributed by atoms with Crippen molar-refractivity contribution in [2.24, 2.45) is 0 Å². The molecule has 0 saturated heterocycles. The molecule has 0 radical (unpaired) electrons. The molecule has 1 heterocycles. The van der Waals surface area contributed by atoms with Crippen LogP contribution in [0, 0.1) is 6.92 Å². The fraction of sp³-hybridized carbons (Fsp3) is 0.667. The summed E-state index contributed by atoms with van der Waals surface area (Å²) in [6, 6.07) is 1.99. The monoisotopic (exact) mass is 223 g/mol. The van der Waals surface area contributed by atoms with E-state index in [1.165, 1.54) is 6.42 Å². The third-order valence-corrected chi connectivity index (χ3v) is 2.21. The molecule has 0 unspecified atom stereocenters. The maximum atomic E-state index is 5.46. The van der Waals surface area contributed by atoms with E-state index in [4.69, 9.17) is 4.74 Å². The fourth-order valence-electron chi connectivity index (χ4n) is 1.29. The van der Waals surface area contributed by atoms with Crippen molar-refractivity contribution in [3.05, 3.63) is 17.8 Å². The van der Waals surface area contributed by atoms with Crippen molar-refractivity contribution in [1.29, 1.82) is 0 Å². The Hall–Kier alpha value is -1.16. The lowest BCUT2D eigenvalue weighted by molar-refractivity contribution is 0.131. The molecule has 0 amide bonds. The van der Waals surface area contributed by atoms with Crippen LogP contribution in [0.1, 0.15) is 31.7 Å². The molecular weight excluding hydrogens is 202 g/mol. The van der Waals surface area contributed by atoms with Crippen LogP contribution in [0.15, 0.2) is 12.3 Å². The second kappa shape index (κ2) is 8.05. The van der Waals surface area contributed by atoms with Crippen molar-refractivity contribution in [1.82, 2.24) is 10.2 Å². The third kappa shape index (κ3) is 5.66. The highest BCUT2D eigenvalue weighted by Crippen LogP contribution is 2.02. The number of nitrogens with zero attached hydrogens (tertiary/aromatic N) is 2. The molecular formula is C12H21N3O. The minimum absolute atomic E-state index is 0.812. The van der Waals surface area contributed by atoms with E-state index in [-0.39, 0.29) is 0 Å². The van der Waals surface area contributed by atoms with Crippen molar-refractivity contribution in [3.63, 3.8) is 0 Å². The summed E-state index contributed by atoms with van der Waals surface area (Å²) in [5.41, 5.74) is 1.12. The molecule has 0 aliphatic carbocycles. The van der Waals surface area contributed by atoms with E-state index in [1.54, 1.807) is 6.20 Å². The smallest absolute Gasteiger partial charge is 0.148 e. The van der Waals surface area contributed by atoms with Gasteiger partial charge in [-0.1, -0.05) is 13.3 Å². The van der Waals surface area contributed by atoms with E-state index in [2.05, 4.69) is 22.4 Å². The van der Waals surface area contributed by atoms with Crippen LogP contribution in [0.3, 0.4) is 0 Å². The van der Waals surface area contributed by atoms with Crippen LogP contribution < -0.4 is 5.32 Å². The average molecular weight is 223 g/mol. The van der Waals surface area contributed by atoms with Gasteiger partial charge in [0.1, 0.15) is 5.82 Å². The number of anilines is 1. The molecule has 4 nitrogen and oxygen atoms in total. The van der Waals surface area contributed by atoms with Crippen molar-refractivity contribution in [3.8, 4) is 0 Å². The summed E-state index contributed by atoms with van der Waals surface area (Å²) in [4.78, 5) is 0. The van der Waals surface area contributed by atoms with Crippen LogP contribution in [0.25, 0.3) is 0 Å². The van der Waals surface area contributed by atoms with E-state index in [1.807, 2.05) is 13.0 Å². The van der Waals surface area contributed by atoms with Crippen molar-refractivity contribution in [2.75, 3.05) is 25.1 Å². The van der Waals surface area contributed by atoms with Crippen LogP contribution >= 0.6 is 0 Å². The topological polar surface area (TPSA) is 47.0 Å². The lowest BCUT2D eigenvalue weighted by Crippen LogP contribution is -2.08. The highest BCUT2D eigenvalue weighted by Gasteiger charge is 1.94. The number of unbranched alkanes of at least 4 members (excludes halogenated alkanes) is 1. The first-order valence-corrected chi connectivity index (χ1v) is 5.94. The minimum Gasteiger partial charge on any atom is -0.381 e. The Labute approximate surface area is 97.4 Å². The van der Waals surface area contributed by atoms with E-state index in [0.29, 0.717) is 0 Å². The molecule has 0 spiro atoms. The van der Waals surface area contributed by atoms with Gasteiger partial charge in [-0.3, -0.25) is 0 Å². The van der Waals surface area contributed by atoms with Gasteiger partial charge >= 0.3 is 0 Å². The molecule has 1 N–H and O–H groups in total. The molecule has 4 heteroatoms. The Kier molecular flexibility index (Phi) is 6.49. The lowest BCUT2D eigenvalue weighted by Gasteiger charge is -2.05. The largest absolute Gasteiger partial charge is 0.381 e. The zero-order chi connectivity index (χ0) is 11.6. The Bertz CT molecular complexity index is 291. The van der Waals surface area contributed by atoms with Crippen LogP contribution in [-0.2, 0) is 4.74 Å². The van der Waals surface area contributed by atoms with Crippen molar-refractivity contribution < 1.29 is 4.74 Å². The van der Waals surface area contributed by atoms with Gasteiger partial charge in [-0.2, -0.15) is 5.10 Å². The quantitative estimate of drug-likeness (QED) is 0.687. The maximum Gasteiger partial charge on any atom is 0.148 e. The molecule has 1 aromatic rings. The zero-order valence-corrected chi connectivity index (χ0v) is 10.2. The molecule has 0 aromatic carbocycles. The van der Waals surface area contributed by atoms with Crippen molar-refractivity contribution >= 4 is 5.82 Å². The summed E-state index contributed by atoms with van der Waals surface area (Å²) >= 11 is 0. The average Bonchev–Trinajstić information content (AvgIpc) is 2.28. The molecule has 0 bridgehead atoms. The molecule has 0 saturated carbocycles. The van der Waals surface area contributed by atoms with Gasteiger partial charge in [0, 0.05) is 19.8 Å². The second-order valence-corrected chi connectivity index (χ2v) is 3.86. The molecule has 1 rings (SSSR count). The Morgan fingerprint density at radius 2 is 2.12 bits per heavy atom. The highest BCUT2D eigenvalue weighted by molar-refractivity contribution is 5.34. The minimum atomic E-state index is 0.812. The summed E-state index contributed by atoms with van der Waals surface area (Å²) in [5, 5.41) is 11.1. The zero-order valence-electron chi connectivity index (χ0n) is 10.2. The van der Waals surface area contributed by atoms with Gasteiger partial charge in [-0.25, -0.2) is 0 Å². The number of hydrogen-bond donors (Lipinski definition) is 1. The summed E-state index contributed by atoms with van der Waals surface area (Å²) in [7, 11) is 0. The van der Waals surface area contributed by atoms with E-state index in [0.717, 1.165) is 44.0 Å². The number of rotatable bonds is 8. The molecule has 16 heavy (non-hydrogen) atoms. The first-order valence-electron chi connectivity index (χ1n) is 5.94. The SMILES string of the molecule is CCCCOCCCNc1cc(C)cnn1. The predicted octanol–water partition coefficient (Wildman–Crippen LogP) is 2.40. The molecule has 1 aromatic heterocycles. The number of ether oxygens (including phenoxy) is 1. The van der Waals surface area contributed by atoms with Crippen LogP contribution in [0.4, 0.5) is 5.82 Å². The van der Waals surface area contributed by atoms with Gasteiger partial charge in [0.2, 0.25) is 0 Å². The lowest BCUT2D eigenvalue weighted by atomic mass is 10.3. The number of aromatic nitrogens is 2. The van der Waals surface area contributed by atoms with Gasteiger partial charge in [-0.05, 0) is 31.4 Å². The number of nitrogens with one attached hydrogen (secondary N) is 1. The molecule has 0 fully saturated rings. The molecule has 90 valence electrons. The fourth-order valence-corrected chi connectivity index (χ4v) is 1.29. The van der Waals surface area contributed by atoms with Crippen LogP contribution in [0.2, 0.25) is 0 Å². The van der Waals surface area contributed by atoms with Gasteiger partial charge in [-0.15, -0.1) is 5.10 Å². The normalized spacial score (nSPS) is 10.4. The number of hydrogen-bond acceptors (Lipinski definition) is 4. The first-order chi connectivity index (χ1) is 7.83. The Morgan fingerprint density at radius 1 is 1.31 bits per heavy atom. The van der Waals surface area contributed by atoms with E-state index < -0.39 is 0 Å². The highest BCUT2D eigenvalue weighted by atomic mass is 16.5. The van der Waals surface area contributed by atoms with Gasteiger partial charge in [0.25, 0.3) is 0 Å².